The van der Waals surface area contributed by atoms with Gasteiger partial charge in [0.15, 0.2) is 11.5 Å². The summed E-state index contributed by atoms with van der Waals surface area (Å²) in [5.74, 6) is 1.81. The van der Waals surface area contributed by atoms with Crippen LogP contribution in [0.4, 0.5) is 0 Å². The smallest absolute Gasteiger partial charge is 0.161 e. The van der Waals surface area contributed by atoms with Crippen LogP contribution in [0.25, 0.3) is 0 Å². The molecule has 2 aromatic rings. The SMILES string of the molecule is CCOc1cc2c(cc1OC)CCNC2c1ccccc1O. The van der Waals surface area contributed by atoms with Gasteiger partial charge in [-0.15, -0.1) is 0 Å². The first-order valence-electron chi connectivity index (χ1n) is 7.59. The van der Waals surface area contributed by atoms with E-state index in [0.29, 0.717) is 12.4 Å². The number of methoxy groups -OCH3 is 1. The zero-order chi connectivity index (χ0) is 15.5. The van der Waals surface area contributed by atoms with Crippen LogP contribution in [-0.4, -0.2) is 25.4 Å². The molecule has 116 valence electrons. The van der Waals surface area contributed by atoms with Crippen LogP contribution in [0.15, 0.2) is 36.4 Å². The van der Waals surface area contributed by atoms with Crippen molar-refractivity contribution < 1.29 is 14.6 Å². The molecular weight excluding hydrogens is 278 g/mol. The number of phenols is 1. The number of rotatable bonds is 4. The van der Waals surface area contributed by atoms with Crippen molar-refractivity contribution in [2.45, 2.75) is 19.4 Å². The number of hydrogen-bond acceptors (Lipinski definition) is 4. The number of para-hydroxylation sites is 1. The first-order chi connectivity index (χ1) is 10.7. The standard InChI is InChI=1S/C18H21NO3/c1-3-22-17-11-14-12(10-16(17)21-2)8-9-19-18(14)13-6-4-5-7-15(13)20/h4-7,10-11,18-20H,3,8-9H2,1-2H3. The lowest BCUT2D eigenvalue weighted by Gasteiger charge is -2.29. The monoisotopic (exact) mass is 299 g/mol. The number of hydrogen-bond donors (Lipinski definition) is 2. The van der Waals surface area contributed by atoms with Gasteiger partial charge in [-0.25, -0.2) is 0 Å². The molecule has 1 unspecified atom stereocenters. The van der Waals surface area contributed by atoms with Gasteiger partial charge in [-0.05, 0) is 42.7 Å². The Morgan fingerprint density at radius 3 is 2.73 bits per heavy atom. The van der Waals surface area contributed by atoms with Crippen molar-refractivity contribution in [2.24, 2.45) is 0 Å². The van der Waals surface area contributed by atoms with E-state index < -0.39 is 0 Å². The van der Waals surface area contributed by atoms with E-state index in [2.05, 4.69) is 5.32 Å². The molecule has 1 heterocycles. The normalized spacial score (nSPS) is 16.9. The molecule has 0 saturated heterocycles. The van der Waals surface area contributed by atoms with Gasteiger partial charge in [0.05, 0.1) is 19.8 Å². The zero-order valence-electron chi connectivity index (χ0n) is 12.9. The molecule has 2 N–H and O–H groups in total. The van der Waals surface area contributed by atoms with Crippen molar-refractivity contribution in [1.82, 2.24) is 5.32 Å². The van der Waals surface area contributed by atoms with Crippen LogP contribution in [0.3, 0.4) is 0 Å². The van der Waals surface area contributed by atoms with Crippen molar-refractivity contribution in [1.29, 1.82) is 0 Å². The summed E-state index contributed by atoms with van der Waals surface area (Å²) >= 11 is 0. The predicted octanol–water partition coefficient (Wildman–Crippen LogP) is 3.03. The minimum atomic E-state index is -0.0323. The number of fused-ring (bicyclic) bond motifs is 1. The molecule has 0 bridgehead atoms. The quantitative estimate of drug-likeness (QED) is 0.911. The van der Waals surface area contributed by atoms with Crippen molar-refractivity contribution in [3.8, 4) is 17.2 Å². The summed E-state index contributed by atoms with van der Waals surface area (Å²) in [6.07, 6.45) is 0.933. The van der Waals surface area contributed by atoms with Crippen LogP contribution in [0.5, 0.6) is 17.2 Å². The third-order valence-electron chi connectivity index (χ3n) is 4.03. The van der Waals surface area contributed by atoms with Gasteiger partial charge in [0.2, 0.25) is 0 Å². The molecule has 2 aromatic carbocycles. The number of benzene rings is 2. The summed E-state index contributed by atoms with van der Waals surface area (Å²) in [6, 6.07) is 11.5. The molecule has 0 saturated carbocycles. The summed E-state index contributed by atoms with van der Waals surface area (Å²) < 4.78 is 11.1. The fourth-order valence-corrected chi connectivity index (χ4v) is 3.00. The molecule has 0 amide bonds. The highest BCUT2D eigenvalue weighted by molar-refractivity contribution is 5.53. The second-order valence-electron chi connectivity index (χ2n) is 5.33. The second-order valence-corrected chi connectivity index (χ2v) is 5.33. The van der Waals surface area contributed by atoms with E-state index in [1.807, 2.05) is 37.3 Å². The van der Waals surface area contributed by atoms with Gasteiger partial charge in [0.25, 0.3) is 0 Å². The third kappa shape index (κ3) is 2.62. The van der Waals surface area contributed by atoms with Gasteiger partial charge in [0.1, 0.15) is 5.75 Å². The van der Waals surface area contributed by atoms with E-state index >= 15 is 0 Å². The van der Waals surface area contributed by atoms with Crippen LogP contribution in [0.2, 0.25) is 0 Å². The molecular formula is C18H21NO3. The van der Waals surface area contributed by atoms with Crippen LogP contribution in [0, 0.1) is 0 Å². The van der Waals surface area contributed by atoms with Gasteiger partial charge in [0, 0.05) is 12.1 Å². The molecule has 0 aromatic heterocycles. The lowest BCUT2D eigenvalue weighted by molar-refractivity contribution is 0.309. The largest absolute Gasteiger partial charge is 0.508 e. The molecule has 0 radical (unpaired) electrons. The number of aromatic hydroxyl groups is 1. The average Bonchev–Trinajstić information content (AvgIpc) is 2.54. The zero-order valence-corrected chi connectivity index (χ0v) is 12.9. The Bertz CT molecular complexity index is 669. The Morgan fingerprint density at radius 2 is 2.00 bits per heavy atom. The summed E-state index contributed by atoms with van der Waals surface area (Å²) in [7, 11) is 1.66. The lowest BCUT2D eigenvalue weighted by atomic mass is 9.89. The highest BCUT2D eigenvalue weighted by Crippen LogP contribution is 2.39. The maximum atomic E-state index is 10.2. The van der Waals surface area contributed by atoms with Crippen molar-refractivity contribution >= 4 is 0 Å². The summed E-state index contributed by atoms with van der Waals surface area (Å²) in [5, 5.41) is 13.6. The van der Waals surface area contributed by atoms with Crippen LogP contribution in [0.1, 0.15) is 29.7 Å². The summed E-state index contributed by atoms with van der Waals surface area (Å²) in [5.41, 5.74) is 3.25. The van der Waals surface area contributed by atoms with Crippen molar-refractivity contribution in [3.05, 3.63) is 53.1 Å². The molecule has 0 aliphatic carbocycles. The van der Waals surface area contributed by atoms with Crippen LogP contribution >= 0.6 is 0 Å². The van der Waals surface area contributed by atoms with Gasteiger partial charge >= 0.3 is 0 Å². The predicted molar refractivity (Wildman–Crippen MR) is 85.8 cm³/mol. The summed E-state index contributed by atoms with van der Waals surface area (Å²) in [6.45, 7) is 3.41. The van der Waals surface area contributed by atoms with Gasteiger partial charge in [-0.1, -0.05) is 18.2 Å². The minimum Gasteiger partial charge on any atom is -0.508 e. The van der Waals surface area contributed by atoms with Crippen LogP contribution in [-0.2, 0) is 6.42 Å². The molecule has 1 aliphatic heterocycles. The molecule has 0 fully saturated rings. The minimum absolute atomic E-state index is 0.0323. The summed E-state index contributed by atoms with van der Waals surface area (Å²) in [4.78, 5) is 0. The Balaban J connectivity index is 2.09. The molecule has 22 heavy (non-hydrogen) atoms. The highest BCUT2D eigenvalue weighted by Gasteiger charge is 2.25. The number of ether oxygens (including phenoxy) is 2. The fraction of sp³-hybridized carbons (Fsp3) is 0.333. The third-order valence-corrected chi connectivity index (χ3v) is 4.03. The molecule has 3 rings (SSSR count). The topological polar surface area (TPSA) is 50.7 Å². The lowest BCUT2D eigenvalue weighted by Crippen LogP contribution is -2.30. The van der Waals surface area contributed by atoms with E-state index in [1.54, 1.807) is 13.2 Å². The van der Waals surface area contributed by atoms with E-state index in [4.69, 9.17) is 9.47 Å². The maximum absolute atomic E-state index is 10.2. The fourth-order valence-electron chi connectivity index (χ4n) is 3.00. The Hall–Kier alpha value is -2.20. The average molecular weight is 299 g/mol. The van der Waals surface area contributed by atoms with Gasteiger partial charge < -0.3 is 19.9 Å². The maximum Gasteiger partial charge on any atom is 0.161 e. The van der Waals surface area contributed by atoms with Gasteiger partial charge in [-0.3, -0.25) is 0 Å². The van der Waals surface area contributed by atoms with E-state index in [1.165, 1.54) is 5.56 Å². The number of phenolic OH excluding ortho intramolecular Hbond substituents is 1. The second kappa shape index (κ2) is 6.28. The Labute approximate surface area is 130 Å². The van der Waals surface area contributed by atoms with Crippen molar-refractivity contribution in [3.63, 3.8) is 0 Å². The van der Waals surface area contributed by atoms with E-state index in [0.717, 1.165) is 35.6 Å². The molecule has 1 atom stereocenters. The van der Waals surface area contributed by atoms with E-state index in [-0.39, 0.29) is 6.04 Å². The van der Waals surface area contributed by atoms with E-state index in [9.17, 15) is 5.11 Å². The van der Waals surface area contributed by atoms with Crippen molar-refractivity contribution in [2.75, 3.05) is 20.3 Å². The molecule has 0 spiro atoms. The Kier molecular flexibility index (Phi) is 4.20. The molecule has 4 nitrogen and oxygen atoms in total. The molecule has 1 aliphatic rings. The Morgan fingerprint density at radius 1 is 1.18 bits per heavy atom. The first kappa shape index (κ1) is 14.7. The molecule has 4 heteroatoms. The first-order valence-corrected chi connectivity index (χ1v) is 7.59. The van der Waals surface area contributed by atoms with Gasteiger partial charge in [-0.2, -0.15) is 0 Å². The highest BCUT2D eigenvalue weighted by atomic mass is 16.5. The van der Waals surface area contributed by atoms with Crippen LogP contribution < -0.4 is 14.8 Å². The number of nitrogens with one attached hydrogen (secondary N) is 1.